The summed E-state index contributed by atoms with van der Waals surface area (Å²) in [5.74, 6) is 0.565. The van der Waals surface area contributed by atoms with Gasteiger partial charge in [0, 0.05) is 22.3 Å². The molecule has 0 aliphatic rings. The van der Waals surface area contributed by atoms with E-state index in [0.29, 0.717) is 13.0 Å². The van der Waals surface area contributed by atoms with Crippen molar-refractivity contribution >= 4 is 27.6 Å². The Hall–Kier alpha value is -1.23. The summed E-state index contributed by atoms with van der Waals surface area (Å²) in [5, 5.41) is 3.24. The summed E-state index contributed by atoms with van der Waals surface area (Å²) in [5.41, 5.74) is 0.901. The second-order valence-corrected chi connectivity index (χ2v) is 4.85. The Bertz CT molecular complexity index is 409. The number of benzene rings is 1. The van der Waals surface area contributed by atoms with E-state index in [1.807, 2.05) is 25.1 Å². The summed E-state index contributed by atoms with van der Waals surface area (Å²) in [6.07, 6.45) is 0.336. The average Bonchev–Trinajstić information content (AvgIpc) is 2.27. The number of halogens is 1. The number of methoxy groups -OCH3 is 1. The molecule has 18 heavy (non-hydrogen) atoms. The summed E-state index contributed by atoms with van der Waals surface area (Å²) in [6.45, 7) is 4.15. The topological polar surface area (TPSA) is 47.6 Å². The molecule has 1 atom stereocenters. The van der Waals surface area contributed by atoms with Crippen molar-refractivity contribution < 1.29 is 14.3 Å². The third-order valence-electron chi connectivity index (χ3n) is 2.30. The zero-order chi connectivity index (χ0) is 13.5. The lowest BCUT2D eigenvalue weighted by Crippen LogP contribution is -2.21. The molecule has 100 valence electrons. The maximum Gasteiger partial charge on any atom is 0.307 e. The first-order chi connectivity index (χ1) is 8.55. The van der Waals surface area contributed by atoms with Gasteiger partial charge in [0.05, 0.1) is 20.1 Å². The predicted octanol–water partition coefficient (Wildman–Crippen LogP) is 3.21. The largest absolute Gasteiger partial charge is 0.497 e. The average molecular weight is 316 g/mol. The quantitative estimate of drug-likeness (QED) is 0.819. The Morgan fingerprint density at radius 2 is 2.17 bits per heavy atom. The van der Waals surface area contributed by atoms with Gasteiger partial charge in [0.2, 0.25) is 0 Å². The number of carbonyl (C=O) groups is 1. The summed E-state index contributed by atoms with van der Waals surface area (Å²) < 4.78 is 11.0. The van der Waals surface area contributed by atoms with Crippen LogP contribution in [0.15, 0.2) is 22.7 Å². The second kappa shape index (κ2) is 7.26. The summed E-state index contributed by atoms with van der Waals surface area (Å²) in [7, 11) is 1.62. The van der Waals surface area contributed by atoms with Gasteiger partial charge >= 0.3 is 5.97 Å². The van der Waals surface area contributed by atoms with Crippen LogP contribution in [0.5, 0.6) is 5.75 Å². The lowest BCUT2D eigenvalue weighted by molar-refractivity contribution is -0.143. The number of nitrogens with one attached hydrogen (secondary N) is 1. The SMILES string of the molecule is CCOC(=O)CC(C)Nc1cc(Br)cc(OC)c1. The van der Waals surface area contributed by atoms with E-state index in [1.165, 1.54) is 0 Å². The van der Waals surface area contributed by atoms with Crippen LogP contribution in [-0.2, 0) is 9.53 Å². The van der Waals surface area contributed by atoms with Crippen molar-refractivity contribution in [3.05, 3.63) is 22.7 Å². The van der Waals surface area contributed by atoms with Gasteiger partial charge in [-0.1, -0.05) is 15.9 Å². The Kier molecular flexibility index (Phi) is 5.98. The number of rotatable bonds is 6. The normalized spacial score (nSPS) is 11.8. The predicted molar refractivity (Wildman–Crippen MR) is 75.0 cm³/mol. The van der Waals surface area contributed by atoms with Gasteiger partial charge in [-0.05, 0) is 26.0 Å². The monoisotopic (exact) mass is 315 g/mol. The summed E-state index contributed by atoms with van der Waals surface area (Å²) in [4.78, 5) is 11.3. The van der Waals surface area contributed by atoms with E-state index in [9.17, 15) is 4.79 Å². The molecule has 0 bridgehead atoms. The lowest BCUT2D eigenvalue weighted by Gasteiger charge is -2.15. The Morgan fingerprint density at radius 1 is 1.44 bits per heavy atom. The fraction of sp³-hybridized carbons (Fsp3) is 0.462. The number of hydrogen-bond donors (Lipinski definition) is 1. The van der Waals surface area contributed by atoms with Gasteiger partial charge < -0.3 is 14.8 Å². The highest BCUT2D eigenvalue weighted by Gasteiger charge is 2.10. The van der Waals surface area contributed by atoms with Crippen LogP contribution < -0.4 is 10.1 Å². The maximum absolute atomic E-state index is 11.3. The van der Waals surface area contributed by atoms with Gasteiger partial charge in [-0.15, -0.1) is 0 Å². The van der Waals surface area contributed by atoms with Gasteiger partial charge in [0.1, 0.15) is 5.75 Å². The summed E-state index contributed by atoms with van der Waals surface area (Å²) >= 11 is 3.41. The molecule has 1 N–H and O–H groups in total. The minimum Gasteiger partial charge on any atom is -0.497 e. The lowest BCUT2D eigenvalue weighted by atomic mass is 10.2. The molecule has 0 heterocycles. The van der Waals surface area contributed by atoms with Crippen LogP contribution in [0.1, 0.15) is 20.3 Å². The van der Waals surface area contributed by atoms with Gasteiger partial charge in [0.25, 0.3) is 0 Å². The van der Waals surface area contributed by atoms with E-state index < -0.39 is 0 Å². The fourth-order valence-corrected chi connectivity index (χ4v) is 2.04. The van der Waals surface area contributed by atoms with Gasteiger partial charge in [-0.2, -0.15) is 0 Å². The molecule has 0 amide bonds. The van der Waals surface area contributed by atoms with Crippen LogP contribution >= 0.6 is 15.9 Å². The molecule has 5 heteroatoms. The standard InChI is InChI=1S/C13H18BrNO3/c1-4-18-13(16)5-9(2)15-11-6-10(14)7-12(8-11)17-3/h6-9,15H,4-5H2,1-3H3. The summed E-state index contributed by atoms with van der Waals surface area (Å²) in [6, 6.07) is 5.70. The Balaban J connectivity index is 2.61. The molecular weight excluding hydrogens is 298 g/mol. The van der Waals surface area contributed by atoms with E-state index in [4.69, 9.17) is 9.47 Å². The van der Waals surface area contributed by atoms with Crippen LogP contribution in [-0.4, -0.2) is 25.7 Å². The molecule has 0 fully saturated rings. The first kappa shape index (κ1) is 14.8. The van der Waals surface area contributed by atoms with E-state index >= 15 is 0 Å². The molecule has 1 rings (SSSR count). The number of ether oxygens (including phenoxy) is 2. The minimum atomic E-state index is -0.195. The van der Waals surface area contributed by atoms with Crippen molar-refractivity contribution in [1.82, 2.24) is 0 Å². The second-order valence-electron chi connectivity index (χ2n) is 3.93. The third-order valence-corrected chi connectivity index (χ3v) is 2.76. The van der Waals surface area contributed by atoms with Crippen molar-refractivity contribution in [2.24, 2.45) is 0 Å². The number of anilines is 1. The van der Waals surface area contributed by atoms with Gasteiger partial charge in [-0.3, -0.25) is 4.79 Å². The zero-order valence-corrected chi connectivity index (χ0v) is 12.4. The molecule has 1 aromatic rings. The molecule has 4 nitrogen and oxygen atoms in total. The Morgan fingerprint density at radius 3 is 2.78 bits per heavy atom. The molecular formula is C13H18BrNO3. The Labute approximate surface area is 116 Å². The zero-order valence-electron chi connectivity index (χ0n) is 10.8. The highest BCUT2D eigenvalue weighted by molar-refractivity contribution is 9.10. The molecule has 1 unspecified atom stereocenters. The van der Waals surface area contributed by atoms with E-state index in [0.717, 1.165) is 15.9 Å². The smallest absolute Gasteiger partial charge is 0.307 e. The first-order valence-electron chi connectivity index (χ1n) is 5.82. The molecule has 0 saturated heterocycles. The van der Waals surface area contributed by atoms with E-state index in [2.05, 4.69) is 21.2 Å². The molecule has 1 aromatic carbocycles. The third kappa shape index (κ3) is 4.96. The molecule has 0 spiro atoms. The molecule has 0 saturated carbocycles. The van der Waals surface area contributed by atoms with Crippen LogP contribution in [0.25, 0.3) is 0 Å². The molecule has 0 aliphatic carbocycles. The fourth-order valence-electron chi connectivity index (χ4n) is 1.57. The van der Waals surface area contributed by atoms with E-state index in [-0.39, 0.29) is 12.0 Å². The number of carbonyl (C=O) groups excluding carboxylic acids is 1. The van der Waals surface area contributed by atoms with E-state index in [1.54, 1.807) is 14.0 Å². The van der Waals surface area contributed by atoms with Crippen LogP contribution in [0.3, 0.4) is 0 Å². The minimum absolute atomic E-state index is 0.00283. The van der Waals surface area contributed by atoms with Crippen LogP contribution in [0.2, 0.25) is 0 Å². The molecule has 0 aromatic heterocycles. The van der Waals surface area contributed by atoms with Gasteiger partial charge in [0.15, 0.2) is 0 Å². The van der Waals surface area contributed by atoms with Crippen LogP contribution in [0.4, 0.5) is 5.69 Å². The number of esters is 1. The van der Waals surface area contributed by atoms with Crippen molar-refractivity contribution in [1.29, 1.82) is 0 Å². The van der Waals surface area contributed by atoms with Gasteiger partial charge in [-0.25, -0.2) is 0 Å². The first-order valence-corrected chi connectivity index (χ1v) is 6.61. The molecule has 0 aliphatic heterocycles. The highest BCUT2D eigenvalue weighted by Crippen LogP contribution is 2.25. The van der Waals surface area contributed by atoms with Crippen molar-refractivity contribution in [3.8, 4) is 5.75 Å². The number of hydrogen-bond acceptors (Lipinski definition) is 4. The van der Waals surface area contributed by atoms with Crippen molar-refractivity contribution in [2.75, 3.05) is 19.0 Å². The van der Waals surface area contributed by atoms with Crippen molar-refractivity contribution in [3.63, 3.8) is 0 Å². The van der Waals surface area contributed by atoms with Crippen LogP contribution in [0, 0.1) is 0 Å². The maximum atomic E-state index is 11.3. The highest BCUT2D eigenvalue weighted by atomic mass is 79.9. The van der Waals surface area contributed by atoms with Crippen molar-refractivity contribution in [2.45, 2.75) is 26.3 Å². The molecule has 0 radical (unpaired) electrons.